The van der Waals surface area contributed by atoms with Crippen LogP contribution >= 0.6 is 0 Å². The molecule has 0 atom stereocenters. The second-order valence-corrected chi connectivity index (χ2v) is 4.34. The first-order valence-electron chi connectivity index (χ1n) is 6.03. The van der Waals surface area contributed by atoms with E-state index in [2.05, 4.69) is 30.7 Å². The summed E-state index contributed by atoms with van der Waals surface area (Å²) in [6.45, 7) is 3.27. The molecule has 0 N–H and O–H groups in total. The molecule has 0 spiro atoms. The average molecular weight is 234 g/mol. The molecular weight excluding hydrogens is 214 g/mol. The van der Waals surface area contributed by atoms with Crippen molar-refractivity contribution >= 4 is 5.71 Å². The van der Waals surface area contributed by atoms with Crippen molar-refractivity contribution in [3.05, 3.63) is 23.3 Å². The number of ether oxygens (including phenoxy) is 2. The fraction of sp³-hybridized carbons (Fsp3) is 0.500. The van der Waals surface area contributed by atoms with Crippen molar-refractivity contribution in [2.75, 3.05) is 27.8 Å². The van der Waals surface area contributed by atoms with Gasteiger partial charge in [0.25, 0.3) is 0 Å². The Balaban J connectivity index is 2.58. The monoisotopic (exact) mass is 234 g/mol. The molecule has 2 rings (SSSR count). The maximum Gasteiger partial charge on any atom is 0.183 e. The van der Waals surface area contributed by atoms with Crippen LogP contribution in [0.1, 0.15) is 24.5 Å². The number of methoxy groups -OCH3 is 2. The van der Waals surface area contributed by atoms with E-state index in [-0.39, 0.29) is 0 Å². The van der Waals surface area contributed by atoms with Crippen LogP contribution in [0.25, 0.3) is 0 Å². The van der Waals surface area contributed by atoms with Gasteiger partial charge in [-0.3, -0.25) is 0 Å². The first kappa shape index (κ1) is 12.0. The zero-order valence-corrected chi connectivity index (χ0v) is 11.0. The largest absolute Gasteiger partial charge is 0.493 e. The van der Waals surface area contributed by atoms with E-state index in [0.29, 0.717) is 0 Å². The maximum absolute atomic E-state index is 5.37. The summed E-state index contributed by atoms with van der Waals surface area (Å²) in [5.74, 6) is 1.64. The molecule has 0 aromatic heterocycles. The predicted octanol–water partition coefficient (Wildman–Crippen LogP) is 2.10. The van der Waals surface area contributed by atoms with Crippen LogP contribution in [0.15, 0.2) is 12.1 Å². The van der Waals surface area contributed by atoms with E-state index in [4.69, 9.17) is 9.47 Å². The Bertz CT molecular complexity index is 464. The lowest BCUT2D eigenvalue weighted by atomic mass is 9.95. The van der Waals surface area contributed by atoms with Crippen LogP contribution in [-0.2, 0) is 6.42 Å². The van der Waals surface area contributed by atoms with E-state index in [1.54, 1.807) is 14.2 Å². The molecule has 0 bridgehead atoms. The molecule has 0 aliphatic carbocycles. The molecule has 1 aromatic rings. The van der Waals surface area contributed by atoms with Gasteiger partial charge in [0.2, 0.25) is 0 Å². The highest BCUT2D eigenvalue weighted by molar-refractivity contribution is 5.99. The maximum atomic E-state index is 5.37. The molecule has 1 aliphatic rings. The van der Waals surface area contributed by atoms with Gasteiger partial charge in [0.05, 0.1) is 14.2 Å². The topological polar surface area (TPSA) is 21.5 Å². The van der Waals surface area contributed by atoms with Gasteiger partial charge in [-0.1, -0.05) is 6.92 Å². The van der Waals surface area contributed by atoms with E-state index in [0.717, 1.165) is 30.9 Å². The molecule has 0 fully saturated rings. The van der Waals surface area contributed by atoms with Crippen molar-refractivity contribution in [2.45, 2.75) is 19.8 Å². The molecule has 3 heteroatoms. The SMILES string of the molecule is CCC1=[N+](C)CCc2cc(OC)c(OC)cc21. The van der Waals surface area contributed by atoms with E-state index in [1.165, 1.54) is 16.8 Å². The number of hydrogen-bond donors (Lipinski definition) is 0. The van der Waals surface area contributed by atoms with Crippen LogP contribution in [0.5, 0.6) is 11.5 Å². The smallest absolute Gasteiger partial charge is 0.183 e. The van der Waals surface area contributed by atoms with Crippen molar-refractivity contribution in [2.24, 2.45) is 0 Å². The average Bonchev–Trinajstić information content (AvgIpc) is 2.37. The van der Waals surface area contributed by atoms with Gasteiger partial charge in [-0.15, -0.1) is 0 Å². The van der Waals surface area contributed by atoms with Crippen molar-refractivity contribution in [1.82, 2.24) is 0 Å². The molecule has 0 unspecified atom stereocenters. The van der Waals surface area contributed by atoms with Crippen LogP contribution in [0.4, 0.5) is 0 Å². The number of hydrogen-bond acceptors (Lipinski definition) is 2. The summed E-state index contributed by atoms with van der Waals surface area (Å²) in [5.41, 5.74) is 4.05. The fourth-order valence-corrected chi connectivity index (χ4v) is 2.49. The molecule has 1 heterocycles. The molecule has 17 heavy (non-hydrogen) atoms. The molecule has 1 aliphatic heterocycles. The third-order valence-electron chi connectivity index (χ3n) is 3.43. The Morgan fingerprint density at radius 3 is 2.41 bits per heavy atom. The van der Waals surface area contributed by atoms with E-state index in [1.807, 2.05) is 0 Å². The molecule has 0 radical (unpaired) electrons. The summed E-state index contributed by atoms with van der Waals surface area (Å²) in [5, 5.41) is 0. The number of rotatable bonds is 3. The molecular formula is C14H20NO2+. The Morgan fingerprint density at radius 2 is 1.82 bits per heavy atom. The zero-order chi connectivity index (χ0) is 12.4. The lowest BCUT2D eigenvalue weighted by molar-refractivity contribution is -0.499. The third-order valence-corrected chi connectivity index (χ3v) is 3.43. The molecule has 0 saturated carbocycles. The number of fused-ring (bicyclic) bond motifs is 1. The van der Waals surface area contributed by atoms with Crippen LogP contribution < -0.4 is 9.47 Å². The second kappa shape index (κ2) is 4.78. The summed E-state index contributed by atoms with van der Waals surface area (Å²) < 4.78 is 13.1. The van der Waals surface area contributed by atoms with Crippen molar-refractivity contribution in [1.29, 1.82) is 0 Å². The highest BCUT2D eigenvalue weighted by Crippen LogP contribution is 2.32. The molecule has 3 nitrogen and oxygen atoms in total. The second-order valence-electron chi connectivity index (χ2n) is 4.34. The van der Waals surface area contributed by atoms with Crippen molar-refractivity contribution < 1.29 is 14.0 Å². The van der Waals surface area contributed by atoms with E-state index >= 15 is 0 Å². The minimum Gasteiger partial charge on any atom is -0.493 e. The minimum atomic E-state index is 0.813. The highest BCUT2D eigenvalue weighted by Gasteiger charge is 2.24. The number of likely N-dealkylation sites (N-methyl/N-ethyl adjacent to an activating group) is 1. The normalized spacial score (nSPS) is 14.6. The molecule has 0 saturated heterocycles. The van der Waals surface area contributed by atoms with Gasteiger partial charge in [0.15, 0.2) is 17.2 Å². The quantitative estimate of drug-likeness (QED) is 0.747. The predicted molar refractivity (Wildman–Crippen MR) is 68.7 cm³/mol. The summed E-state index contributed by atoms with van der Waals surface area (Å²) in [7, 11) is 5.52. The Kier molecular flexibility index (Phi) is 3.36. The van der Waals surface area contributed by atoms with Gasteiger partial charge in [-0.25, -0.2) is 4.58 Å². The standard InChI is InChI=1S/C14H20NO2/c1-5-12-11-9-14(17-4)13(16-3)8-10(11)6-7-15(12)2/h8-9H,5-7H2,1-4H3/q+1. The van der Waals surface area contributed by atoms with Crippen molar-refractivity contribution in [3.63, 3.8) is 0 Å². The number of benzene rings is 1. The Labute approximate surface area is 103 Å². The van der Waals surface area contributed by atoms with Gasteiger partial charge in [0.1, 0.15) is 13.6 Å². The summed E-state index contributed by atoms with van der Waals surface area (Å²) in [6.07, 6.45) is 2.11. The zero-order valence-electron chi connectivity index (χ0n) is 11.0. The minimum absolute atomic E-state index is 0.813. The molecule has 0 amide bonds. The summed E-state index contributed by atoms with van der Waals surface area (Å²) in [4.78, 5) is 0. The van der Waals surface area contributed by atoms with Crippen molar-refractivity contribution in [3.8, 4) is 11.5 Å². The summed E-state index contributed by atoms with van der Waals surface area (Å²) >= 11 is 0. The first-order chi connectivity index (χ1) is 8.21. The lowest BCUT2D eigenvalue weighted by Gasteiger charge is -2.18. The lowest BCUT2D eigenvalue weighted by Crippen LogP contribution is -2.26. The van der Waals surface area contributed by atoms with Gasteiger partial charge in [0, 0.05) is 18.4 Å². The van der Waals surface area contributed by atoms with E-state index in [9.17, 15) is 0 Å². The van der Waals surface area contributed by atoms with Gasteiger partial charge in [-0.2, -0.15) is 0 Å². The highest BCUT2D eigenvalue weighted by atomic mass is 16.5. The van der Waals surface area contributed by atoms with Gasteiger partial charge in [-0.05, 0) is 17.7 Å². The molecule has 1 aromatic carbocycles. The van der Waals surface area contributed by atoms with Crippen LogP contribution in [-0.4, -0.2) is 38.1 Å². The summed E-state index contributed by atoms with van der Waals surface area (Å²) in [6, 6.07) is 4.21. The first-order valence-corrected chi connectivity index (χ1v) is 6.03. The van der Waals surface area contributed by atoms with E-state index < -0.39 is 0 Å². The number of nitrogens with zero attached hydrogens (tertiary/aromatic N) is 1. The molecule has 92 valence electrons. The van der Waals surface area contributed by atoms with Crippen LogP contribution in [0.2, 0.25) is 0 Å². The van der Waals surface area contributed by atoms with Gasteiger partial charge < -0.3 is 9.47 Å². The Hall–Kier alpha value is -1.51. The fourth-order valence-electron chi connectivity index (χ4n) is 2.49. The van der Waals surface area contributed by atoms with Crippen LogP contribution in [0.3, 0.4) is 0 Å². The third kappa shape index (κ3) is 2.02. The van der Waals surface area contributed by atoms with Crippen LogP contribution in [0, 0.1) is 0 Å². The Morgan fingerprint density at radius 1 is 1.18 bits per heavy atom. The van der Waals surface area contributed by atoms with Gasteiger partial charge >= 0.3 is 0 Å².